The van der Waals surface area contributed by atoms with E-state index < -0.39 is 5.60 Å². The Bertz CT molecular complexity index is 653. The number of hydrogen-bond donors (Lipinski definition) is 1. The van der Waals surface area contributed by atoms with Crippen molar-refractivity contribution in [3.8, 4) is 18.1 Å². The summed E-state index contributed by atoms with van der Waals surface area (Å²) in [7, 11) is 3.26. The predicted octanol–water partition coefficient (Wildman–Crippen LogP) is 3.27. The highest BCUT2D eigenvalue weighted by atomic mass is 16.5. The maximum atomic E-state index is 10.9. The molecule has 0 heterocycles. The lowest BCUT2D eigenvalue weighted by Crippen LogP contribution is -2.25. The summed E-state index contributed by atoms with van der Waals surface area (Å²) < 4.78 is 10.4. The summed E-state index contributed by atoms with van der Waals surface area (Å²) in [5.41, 5.74) is 0.831. The van der Waals surface area contributed by atoms with E-state index in [1.807, 2.05) is 31.2 Å². The molecule has 0 bridgehead atoms. The maximum absolute atomic E-state index is 10.9. The van der Waals surface area contributed by atoms with Crippen LogP contribution in [0.5, 0.6) is 5.75 Å². The van der Waals surface area contributed by atoms with Gasteiger partial charge in [-0.15, -0.1) is 6.42 Å². The van der Waals surface area contributed by atoms with Crippen LogP contribution in [0, 0.1) is 12.3 Å². The first-order chi connectivity index (χ1) is 10.5. The van der Waals surface area contributed by atoms with Gasteiger partial charge < -0.3 is 14.6 Å². The second kappa shape index (κ2) is 6.65. The van der Waals surface area contributed by atoms with E-state index >= 15 is 0 Å². The molecule has 22 heavy (non-hydrogen) atoms. The number of methoxy groups -OCH3 is 2. The van der Waals surface area contributed by atoms with Crippen LogP contribution in [0.4, 0.5) is 0 Å². The van der Waals surface area contributed by atoms with E-state index in [0.29, 0.717) is 16.9 Å². The minimum absolute atomic E-state index is 0.00559. The predicted molar refractivity (Wildman–Crippen MR) is 86.7 cm³/mol. The van der Waals surface area contributed by atoms with Crippen molar-refractivity contribution in [3.63, 3.8) is 0 Å². The average molecular weight is 296 g/mol. The van der Waals surface area contributed by atoms with Crippen molar-refractivity contribution in [2.45, 2.75) is 18.6 Å². The molecule has 0 saturated heterocycles. The molecule has 0 saturated carbocycles. The molecule has 114 valence electrons. The van der Waals surface area contributed by atoms with Crippen LogP contribution >= 0.6 is 0 Å². The highest BCUT2D eigenvalue weighted by Gasteiger charge is 2.29. The number of rotatable bonds is 5. The molecule has 2 atom stereocenters. The molecule has 2 aromatic rings. The Labute approximate surface area is 131 Å². The van der Waals surface area contributed by atoms with E-state index in [-0.39, 0.29) is 6.10 Å². The molecule has 0 radical (unpaired) electrons. The van der Waals surface area contributed by atoms with Crippen LogP contribution in [0.3, 0.4) is 0 Å². The molecular formula is C19H20O3. The fourth-order valence-electron chi connectivity index (χ4n) is 2.30. The van der Waals surface area contributed by atoms with Gasteiger partial charge in [0.2, 0.25) is 0 Å². The molecule has 0 fully saturated rings. The van der Waals surface area contributed by atoms with E-state index in [4.69, 9.17) is 15.9 Å². The molecule has 1 unspecified atom stereocenters. The highest BCUT2D eigenvalue weighted by Crippen LogP contribution is 2.31. The van der Waals surface area contributed by atoms with Crippen LogP contribution in [0.2, 0.25) is 0 Å². The number of ether oxygens (including phenoxy) is 2. The average Bonchev–Trinajstić information content (AvgIpc) is 2.60. The minimum Gasteiger partial charge on any atom is -0.497 e. The third-order valence-electron chi connectivity index (χ3n) is 3.87. The Hall–Kier alpha value is -2.28. The van der Waals surface area contributed by atoms with Gasteiger partial charge in [0, 0.05) is 18.2 Å². The van der Waals surface area contributed by atoms with E-state index in [1.54, 1.807) is 38.5 Å². The monoisotopic (exact) mass is 296 g/mol. The van der Waals surface area contributed by atoms with Gasteiger partial charge in [0.1, 0.15) is 5.75 Å². The standard InChI is InChI=1S/C19H20O3/c1-5-19(20,17-10-12-18(22-4)13-11-17)16-8-6-15(7-9-16)14(2)21-3/h1,6-14,20H,2-4H3/t14-,19?/m1/s1. The van der Waals surface area contributed by atoms with Crippen LogP contribution in [-0.4, -0.2) is 19.3 Å². The summed E-state index contributed by atoms with van der Waals surface area (Å²) >= 11 is 0. The molecule has 1 N–H and O–H groups in total. The van der Waals surface area contributed by atoms with Crippen molar-refractivity contribution in [2.24, 2.45) is 0 Å². The second-order valence-corrected chi connectivity index (χ2v) is 5.08. The summed E-state index contributed by atoms with van der Waals surface area (Å²) in [6.07, 6.45) is 5.60. The van der Waals surface area contributed by atoms with Gasteiger partial charge in [0.25, 0.3) is 0 Å². The van der Waals surface area contributed by atoms with Gasteiger partial charge in [-0.1, -0.05) is 42.3 Å². The Morgan fingerprint density at radius 3 is 1.91 bits per heavy atom. The van der Waals surface area contributed by atoms with Gasteiger partial charge in [-0.25, -0.2) is 0 Å². The van der Waals surface area contributed by atoms with E-state index in [0.717, 1.165) is 5.56 Å². The van der Waals surface area contributed by atoms with Crippen molar-refractivity contribution in [1.29, 1.82) is 0 Å². The largest absolute Gasteiger partial charge is 0.497 e. The zero-order valence-corrected chi connectivity index (χ0v) is 13.0. The zero-order valence-electron chi connectivity index (χ0n) is 13.0. The molecule has 0 aliphatic carbocycles. The number of hydrogen-bond acceptors (Lipinski definition) is 3. The molecule has 3 nitrogen and oxygen atoms in total. The lowest BCUT2D eigenvalue weighted by Gasteiger charge is -2.24. The van der Waals surface area contributed by atoms with Gasteiger partial charge in [-0.05, 0) is 24.6 Å². The molecule has 2 aromatic carbocycles. The van der Waals surface area contributed by atoms with E-state index in [1.165, 1.54) is 0 Å². The second-order valence-electron chi connectivity index (χ2n) is 5.08. The molecule has 0 aliphatic rings. The third-order valence-corrected chi connectivity index (χ3v) is 3.87. The van der Waals surface area contributed by atoms with Crippen molar-refractivity contribution in [1.82, 2.24) is 0 Å². The third kappa shape index (κ3) is 2.99. The molecule has 3 heteroatoms. The Kier molecular flexibility index (Phi) is 4.87. The van der Waals surface area contributed by atoms with Gasteiger partial charge >= 0.3 is 0 Å². The topological polar surface area (TPSA) is 38.7 Å². The highest BCUT2D eigenvalue weighted by molar-refractivity contribution is 5.45. The number of aliphatic hydroxyl groups is 1. The van der Waals surface area contributed by atoms with Crippen molar-refractivity contribution in [2.75, 3.05) is 14.2 Å². The quantitative estimate of drug-likeness (QED) is 0.861. The molecule has 2 rings (SSSR count). The fraction of sp³-hybridized carbons (Fsp3) is 0.263. The van der Waals surface area contributed by atoms with Crippen LogP contribution in [0.1, 0.15) is 29.7 Å². The van der Waals surface area contributed by atoms with Gasteiger partial charge in [0.15, 0.2) is 5.60 Å². The fourth-order valence-corrected chi connectivity index (χ4v) is 2.30. The Morgan fingerprint density at radius 1 is 1.00 bits per heavy atom. The van der Waals surface area contributed by atoms with Crippen molar-refractivity contribution in [3.05, 3.63) is 65.2 Å². The first-order valence-corrected chi connectivity index (χ1v) is 7.03. The van der Waals surface area contributed by atoms with Crippen LogP contribution in [0.25, 0.3) is 0 Å². The number of benzene rings is 2. The van der Waals surface area contributed by atoms with Gasteiger partial charge in [-0.3, -0.25) is 0 Å². The normalized spacial score (nSPS) is 14.7. The van der Waals surface area contributed by atoms with E-state index in [2.05, 4.69) is 5.92 Å². The molecule has 0 amide bonds. The first kappa shape index (κ1) is 16.1. The first-order valence-electron chi connectivity index (χ1n) is 7.03. The lowest BCUT2D eigenvalue weighted by atomic mass is 9.86. The van der Waals surface area contributed by atoms with Crippen molar-refractivity contribution >= 4 is 0 Å². The minimum atomic E-state index is -1.47. The van der Waals surface area contributed by atoms with Crippen LogP contribution < -0.4 is 4.74 Å². The summed E-state index contributed by atoms with van der Waals surface area (Å²) in [5, 5.41) is 10.9. The molecule has 0 spiro atoms. The Morgan fingerprint density at radius 2 is 1.50 bits per heavy atom. The van der Waals surface area contributed by atoms with Gasteiger partial charge in [0.05, 0.1) is 13.2 Å². The summed E-state index contributed by atoms with van der Waals surface area (Å²) in [4.78, 5) is 0. The summed E-state index contributed by atoms with van der Waals surface area (Å²) in [6, 6.07) is 14.6. The van der Waals surface area contributed by atoms with Crippen molar-refractivity contribution < 1.29 is 14.6 Å². The van der Waals surface area contributed by atoms with E-state index in [9.17, 15) is 5.11 Å². The zero-order chi connectivity index (χ0) is 16.2. The SMILES string of the molecule is C#CC(O)(c1ccc(OC)cc1)c1ccc([C@@H](C)OC)cc1. The summed E-state index contributed by atoms with van der Waals surface area (Å²) in [5.74, 6) is 3.21. The van der Waals surface area contributed by atoms with Crippen LogP contribution in [-0.2, 0) is 10.3 Å². The van der Waals surface area contributed by atoms with Crippen LogP contribution in [0.15, 0.2) is 48.5 Å². The smallest absolute Gasteiger partial charge is 0.176 e. The lowest BCUT2D eigenvalue weighted by molar-refractivity contribution is 0.119. The maximum Gasteiger partial charge on any atom is 0.176 e. The molecule has 0 aromatic heterocycles. The molecule has 0 aliphatic heterocycles. The molecular weight excluding hydrogens is 276 g/mol. The summed E-state index contributed by atoms with van der Waals surface area (Å²) in [6.45, 7) is 1.96. The Balaban J connectivity index is 2.39. The number of terminal acetylenes is 1. The van der Waals surface area contributed by atoms with Gasteiger partial charge in [-0.2, -0.15) is 0 Å².